The third kappa shape index (κ3) is 2.07. The molecule has 2 aromatic rings. The van der Waals surface area contributed by atoms with Crippen LogP contribution in [0, 0.1) is 6.42 Å². The molecule has 0 aromatic heterocycles. The molecule has 89 valence electrons. The normalized spacial score (nSPS) is 13.3. The van der Waals surface area contributed by atoms with E-state index in [9.17, 15) is 4.79 Å². The Morgan fingerprint density at radius 3 is 2.67 bits per heavy atom. The van der Waals surface area contributed by atoms with Gasteiger partial charge >= 0.3 is 0 Å². The zero-order valence-corrected chi connectivity index (χ0v) is 10.0. The molecule has 0 bridgehead atoms. The van der Waals surface area contributed by atoms with Crippen molar-refractivity contribution in [1.82, 2.24) is 5.32 Å². The number of Topliss-reactive ketones (excluding diaryl/α,β-unsaturated/α-hetero) is 1. The van der Waals surface area contributed by atoms with Crippen LogP contribution < -0.4 is 5.32 Å². The first-order valence-electron chi connectivity index (χ1n) is 6.10. The van der Waals surface area contributed by atoms with Crippen molar-refractivity contribution >= 4 is 5.78 Å². The van der Waals surface area contributed by atoms with E-state index in [1.807, 2.05) is 42.5 Å². The second-order valence-electron chi connectivity index (χ2n) is 4.47. The largest absolute Gasteiger partial charge is 0.309 e. The molecule has 0 spiro atoms. The Bertz CT molecular complexity index is 575. The number of fused-ring (bicyclic) bond motifs is 1. The van der Waals surface area contributed by atoms with Gasteiger partial charge in [-0.15, -0.1) is 0 Å². The van der Waals surface area contributed by atoms with E-state index >= 15 is 0 Å². The first-order valence-corrected chi connectivity index (χ1v) is 6.10. The average molecular weight is 236 g/mol. The number of hydrogen-bond donors (Lipinski definition) is 1. The van der Waals surface area contributed by atoms with E-state index in [1.165, 1.54) is 5.56 Å². The molecule has 0 saturated carbocycles. The van der Waals surface area contributed by atoms with Crippen molar-refractivity contribution in [3.05, 3.63) is 77.2 Å². The number of carbonyl (C=O) groups excluding carboxylic acids is 1. The second-order valence-corrected chi connectivity index (χ2v) is 4.47. The fraction of sp³-hybridized carbons (Fsp3) is 0.125. The zero-order chi connectivity index (χ0) is 12.4. The quantitative estimate of drug-likeness (QED) is 0.830. The van der Waals surface area contributed by atoms with Gasteiger partial charge < -0.3 is 5.32 Å². The first kappa shape index (κ1) is 11.2. The Labute approximate surface area is 107 Å². The van der Waals surface area contributed by atoms with E-state index in [2.05, 4.69) is 11.4 Å². The lowest BCUT2D eigenvalue weighted by molar-refractivity contribution is 0.103. The minimum absolute atomic E-state index is 0.0850. The summed E-state index contributed by atoms with van der Waals surface area (Å²) in [5.41, 5.74) is 4.16. The Morgan fingerprint density at radius 1 is 1.00 bits per heavy atom. The van der Waals surface area contributed by atoms with Crippen molar-refractivity contribution in [2.24, 2.45) is 0 Å². The molecule has 1 heterocycles. The van der Waals surface area contributed by atoms with Crippen LogP contribution in [0.1, 0.15) is 27.0 Å². The van der Waals surface area contributed by atoms with Crippen LogP contribution in [0.3, 0.4) is 0 Å². The number of carbonyl (C=O) groups is 1. The van der Waals surface area contributed by atoms with Crippen LogP contribution in [0.4, 0.5) is 0 Å². The van der Waals surface area contributed by atoms with E-state index in [0.717, 1.165) is 29.8 Å². The molecule has 0 amide bonds. The summed E-state index contributed by atoms with van der Waals surface area (Å²) >= 11 is 0. The molecule has 3 rings (SSSR count). The maximum absolute atomic E-state index is 12.3. The van der Waals surface area contributed by atoms with Gasteiger partial charge in [-0.05, 0) is 16.7 Å². The summed E-state index contributed by atoms with van der Waals surface area (Å²) in [6.07, 6.45) is 1.70. The Kier molecular flexibility index (Phi) is 2.95. The molecule has 1 N–H and O–H groups in total. The second kappa shape index (κ2) is 4.75. The number of hydrogen-bond acceptors (Lipinski definition) is 2. The Hall–Kier alpha value is -1.93. The van der Waals surface area contributed by atoms with Crippen LogP contribution in [-0.4, -0.2) is 5.78 Å². The summed E-state index contributed by atoms with van der Waals surface area (Å²) in [6, 6.07) is 15.7. The highest BCUT2D eigenvalue weighted by Crippen LogP contribution is 2.21. The van der Waals surface area contributed by atoms with Gasteiger partial charge in [0, 0.05) is 18.7 Å². The summed E-state index contributed by atoms with van der Waals surface area (Å²) in [5, 5.41) is 3.28. The first-order chi connectivity index (χ1) is 8.84. The molecule has 1 aliphatic rings. The van der Waals surface area contributed by atoms with E-state index in [1.54, 1.807) is 6.42 Å². The zero-order valence-electron chi connectivity index (χ0n) is 10.0. The summed E-state index contributed by atoms with van der Waals surface area (Å²) in [7, 11) is 0. The highest BCUT2D eigenvalue weighted by Gasteiger charge is 2.18. The van der Waals surface area contributed by atoms with E-state index in [0.29, 0.717) is 0 Å². The highest BCUT2D eigenvalue weighted by atomic mass is 16.1. The lowest BCUT2D eigenvalue weighted by Crippen LogP contribution is -2.06. The molecule has 0 aliphatic carbocycles. The summed E-state index contributed by atoms with van der Waals surface area (Å²) < 4.78 is 0. The lowest BCUT2D eigenvalue weighted by atomic mass is 9.96. The van der Waals surface area contributed by atoms with Crippen LogP contribution in [0.2, 0.25) is 0 Å². The molecule has 1 aliphatic heterocycles. The Morgan fingerprint density at radius 2 is 1.83 bits per heavy atom. The number of ketones is 1. The minimum atomic E-state index is 0.0850. The fourth-order valence-corrected chi connectivity index (χ4v) is 2.34. The maximum Gasteiger partial charge on any atom is 0.171 e. The predicted octanol–water partition coefficient (Wildman–Crippen LogP) is 2.73. The van der Waals surface area contributed by atoms with Crippen molar-refractivity contribution in [2.45, 2.75) is 13.1 Å². The molecule has 2 nitrogen and oxygen atoms in total. The topological polar surface area (TPSA) is 29.1 Å². The third-order valence-corrected chi connectivity index (χ3v) is 3.25. The van der Waals surface area contributed by atoms with Crippen molar-refractivity contribution in [2.75, 3.05) is 0 Å². The van der Waals surface area contributed by atoms with Crippen molar-refractivity contribution < 1.29 is 4.79 Å². The standard InChI is InChI=1S/C16H14NO/c18-16(9-12-5-2-1-3-6-12)14-8-4-7-13-10-17-11-15(13)14/h1-9,17H,10-11H2. The maximum atomic E-state index is 12.3. The van der Waals surface area contributed by atoms with Crippen LogP contribution >= 0.6 is 0 Å². The summed E-state index contributed by atoms with van der Waals surface area (Å²) in [5.74, 6) is 0.0850. The van der Waals surface area contributed by atoms with Crippen molar-refractivity contribution in [3.8, 4) is 0 Å². The number of rotatable bonds is 3. The fourth-order valence-electron chi connectivity index (χ4n) is 2.34. The van der Waals surface area contributed by atoms with Crippen molar-refractivity contribution in [3.63, 3.8) is 0 Å². The van der Waals surface area contributed by atoms with Gasteiger partial charge in [0.05, 0.1) is 6.42 Å². The van der Waals surface area contributed by atoms with Crippen LogP contribution in [0.5, 0.6) is 0 Å². The molecule has 0 fully saturated rings. The average Bonchev–Trinajstić information content (AvgIpc) is 2.87. The van der Waals surface area contributed by atoms with Gasteiger partial charge in [0.15, 0.2) is 5.78 Å². The minimum Gasteiger partial charge on any atom is -0.309 e. The van der Waals surface area contributed by atoms with Crippen LogP contribution in [-0.2, 0) is 13.1 Å². The molecule has 2 heteroatoms. The third-order valence-electron chi connectivity index (χ3n) is 3.25. The smallest absolute Gasteiger partial charge is 0.171 e. The van der Waals surface area contributed by atoms with Gasteiger partial charge in [0.1, 0.15) is 0 Å². The van der Waals surface area contributed by atoms with E-state index in [-0.39, 0.29) is 5.78 Å². The lowest BCUT2D eigenvalue weighted by Gasteiger charge is -2.06. The SMILES string of the molecule is O=C([CH]c1ccccc1)c1cccc2c1CNC2. The van der Waals surface area contributed by atoms with Gasteiger partial charge in [-0.25, -0.2) is 0 Å². The number of nitrogens with one attached hydrogen (secondary N) is 1. The molecule has 0 atom stereocenters. The van der Waals surface area contributed by atoms with Crippen LogP contribution in [0.15, 0.2) is 48.5 Å². The molecule has 0 saturated heterocycles. The van der Waals surface area contributed by atoms with E-state index in [4.69, 9.17) is 0 Å². The molecule has 0 unspecified atom stereocenters. The van der Waals surface area contributed by atoms with Gasteiger partial charge in [0.2, 0.25) is 0 Å². The number of benzene rings is 2. The summed E-state index contributed by atoms with van der Waals surface area (Å²) in [6.45, 7) is 1.65. The monoisotopic (exact) mass is 236 g/mol. The predicted molar refractivity (Wildman–Crippen MR) is 71.2 cm³/mol. The van der Waals surface area contributed by atoms with Crippen LogP contribution in [0.25, 0.3) is 0 Å². The van der Waals surface area contributed by atoms with Gasteiger partial charge in [-0.1, -0.05) is 48.5 Å². The summed E-state index contributed by atoms with van der Waals surface area (Å²) in [4.78, 5) is 12.3. The molecule has 18 heavy (non-hydrogen) atoms. The molecule has 2 aromatic carbocycles. The van der Waals surface area contributed by atoms with Gasteiger partial charge in [-0.3, -0.25) is 4.79 Å². The molecule has 1 radical (unpaired) electrons. The molecular weight excluding hydrogens is 222 g/mol. The highest BCUT2D eigenvalue weighted by molar-refractivity contribution is 6.06. The molecular formula is C16H14NO. The van der Waals surface area contributed by atoms with Gasteiger partial charge in [0.25, 0.3) is 0 Å². The van der Waals surface area contributed by atoms with Gasteiger partial charge in [-0.2, -0.15) is 0 Å². The van der Waals surface area contributed by atoms with E-state index < -0.39 is 0 Å². The van der Waals surface area contributed by atoms with Crippen molar-refractivity contribution in [1.29, 1.82) is 0 Å². The Balaban J connectivity index is 1.88.